The molecule has 4 bridgehead atoms. The Bertz CT molecular complexity index is 2630. The van der Waals surface area contributed by atoms with Crippen molar-refractivity contribution < 1.29 is 6.51 Å². The molecule has 7 unspecified atom stereocenters. The van der Waals surface area contributed by atoms with E-state index in [1.165, 1.54) is 49.7 Å². The minimum atomic E-state index is -5.03. The van der Waals surface area contributed by atoms with E-state index >= 15 is 0 Å². The molecule has 10 saturated heterocycles. The van der Waals surface area contributed by atoms with Crippen molar-refractivity contribution in [3.63, 3.8) is 0 Å². The van der Waals surface area contributed by atoms with Crippen molar-refractivity contribution in [2.24, 2.45) is 29.1 Å². The molecule has 2 aromatic carbocycles. The molecular formula is C42H42FeN4P2. The molecule has 0 radical (unpaired) electrons. The molecule has 4 nitrogen and oxygen atoms in total. The Labute approximate surface area is 282 Å². The van der Waals surface area contributed by atoms with Crippen molar-refractivity contribution in [2.75, 3.05) is 6.16 Å². The molecule has 0 amide bonds. The van der Waals surface area contributed by atoms with Gasteiger partial charge in [0.2, 0.25) is 0 Å². The van der Waals surface area contributed by atoms with Crippen molar-refractivity contribution in [3.8, 4) is 0 Å². The van der Waals surface area contributed by atoms with Crippen LogP contribution in [0.25, 0.3) is 0 Å². The second kappa shape index (κ2) is 4.31. The van der Waals surface area contributed by atoms with Crippen molar-refractivity contribution in [1.82, 2.24) is 19.9 Å². The monoisotopic (exact) mass is 720 g/mol. The predicted octanol–water partition coefficient (Wildman–Crippen LogP) is 9.05. The molecule has 1 spiro atoms. The number of rotatable bonds is 7. The summed E-state index contributed by atoms with van der Waals surface area (Å²) in [5, 5.41) is -0.370. The number of hydrogen-bond donors (Lipinski definition) is 0. The molecule has 14 aliphatic rings. The van der Waals surface area contributed by atoms with E-state index < -0.39 is 6.51 Å². The summed E-state index contributed by atoms with van der Waals surface area (Å²) in [7, 11) is 7.24. The molecule has 2 aromatic heterocycles. The van der Waals surface area contributed by atoms with Gasteiger partial charge in [0.25, 0.3) is 0 Å². The van der Waals surface area contributed by atoms with Gasteiger partial charge >= 0.3 is 284 Å². The molecule has 248 valence electrons. The van der Waals surface area contributed by atoms with Gasteiger partial charge in [0.05, 0.1) is 0 Å². The average Bonchev–Trinajstić information content (AvgIpc) is 4.11. The molecule has 7 heteroatoms. The molecule has 4 saturated carbocycles. The third-order valence-corrected chi connectivity index (χ3v) is 71.6. The Hall–Kier alpha value is -2.02. The van der Waals surface area contributed by atoms with Gasteiger partial charge in [0.1, 0.15) is 0 Å². The molecule has 4 aliphatic carbocycles. The SMILES string of the molecule is PCC1([C]23[C]4(c5ccccc5)[C]5(c6ccccc6)[CH]6[C]2(C(P)(c2cnccn2)c2cnccn2)[Fe]65432789[CH]3[CH]2[CH]7[CH]8[CH]39)C2CC3CC(C2)CC1C3. The van der Waals surface area contributed by atoms with Crippen molar-refractivity contribution in [3.05, 3.63) is 120 Å². The van der Waals surface area contributed by atoms with Crippen LogP contribution in [0.3, 0.4) is 0 Å². The van der Waals surface area contributed by atoms with Gasteiger partial charge in [-0.1, -0.05) is 0 Å². The molecule has 12 heterocycles. The van der Waals surface area contributed by atoms with Gasteiger partial charge in [-0.15, -0.1) is 0 Å². The first-order chi connectivity index (χ1) is 23.9. The van der Waals surface area contributed by atoms with Gasteiger partial charge in [-0.05, 0) is 0 Å². The van der Waals surface area contributed by atoms with Crippen LogP contribution in [0.15, 0.2) is 97.8 Å². The fourth-order valence-corrected chi connectivity index (χ4v) is 116. The normalized spacial score (nSPS) is 66.5. The molecule has 7 atom stereocenters. The van der Waals surface area contributed by atoms with E-state index in [-0.39, 0.29) is 9.47 Å². The Morgan fingerprint density at radius 2 is 1.18 bits per heavy atom. The van der Waals surface area contributed by atoms with Crippen LogP contribution in [0.1, 0.15) is 54.6 Å². The first-order valence-electron chi connectivity index (χ1n) is 19.2. The first kappa shape index (κ1) is 25.0. The molecule has 10 aliphatic heterocycles. The average molecular weight is 721 g/mol. The third-order valence-electron chi connectivity index (χ3n) is 25.6. The van der Waals surface area contributed by atoms with Crippen LogP contribution in [-0.4, -0.2) is 26.1 Å². The van der Waals surface area contributed by atoms with Gasteiger partial charge in [-0.3, -0.25) is 0 Å². The van der Waals surface area contributed by atoms with Gasteiger partial charge in [-0.2, -0.15) is 0 Å². The quantitative estimate of drug-likeness (QED) is 0.141. The Morgan fingerprint density at radius 1 is 0.673 bits per heavy atom. The molecule has 14 fully saturated rings. The van der Waals surface area contributed by atoms with Crippen molar-refractivity contribution in [1.29, 1.82) is 0 Å². The minimum absolute atomic E-state index is 0.248. The summed E-state index contributed by atoms with van der Waals surface area (Å²) in [4.78, 5) is 26.5. The molecule has 4 aromatic rings. The summed E-state index contributed by atoms with van der Waals surface area (Å²) in [6.07, 6.45) is 20.9. The van der Waals surface area contributed by atoms with Crippen molar-refractivity contribution >= 4 is 18.5 Å². The van der Waals surface area contributed by atoms with Crippen LogP contribution in [-0.2, 0) is 20.3 Å². The summed E-state index contributed by atoms with van der Waals surface area (Å²) < 4.78 is 1.38. The van der Waals surface area contributed by atoms with E-state index in [4.69, 9.17) is 19.9 Å². The molecule has 49 heavy (non-hydrogen) atoms. The first-order valence-corrected chi connectivity index (χ1v) is 26.6. The number of fused-ring (bicyclic) bond motifs is 11. The van der Waals surface area contributed by atoms with Crippen LogP contribution in [0, 0.1) is 29.1 Å². The fraction of sp³-hybridized carbons (Fsp3) is 0.524. The van der Waals surface area contributed by atoms with Gasteiger partial charge in [0.15, 0.2) is 0 Å². The second-order valence-electron chi connectivity index (χ2n) is 21.2. The predicted molar refractivity (Wildman–Crippen MR) is 193 cm³/mol. The van der Waals surface area contributed by atoms with Gasteiger partial charge in [0, 0.05) is 0 Å². The summed E-state index contributed by atoms with van der Waals surface area (Å²) in [6.45, 7) is -5.03. The number of benzene rings is 2. The Balaban J connectivity index is 1.14. The topological polar surface area (TPSA) is 51.6 Å². The van der Waals surface area contributed by atoms with Crippen LogP contribution >= 0.6 is 18.5 Å². The van der Waals surface area contributed by atoms with Crippen LogP contribution in [0.5, 0.6) is 0 Å². The number of nitrogens with zero attached hydrogens (tertiary/aromatic N) is 4. The van der Waals surface area contributed by atoms with Crippen LogP contribution in [0.4, 0.5) is 0 Å². The third kappa shape index (κ3) is 0.679. The molecular weight excluding hydrogens is 678 g/mol. The van der Waals surface area contributed by atoms with Gasteiger partial charge < -0.3 is 0 Å². The van der Waals surface area contributed by atoms with E-state index in [1.54, 1.807) is 11.1 Å². The standard InChI is InChI=1S/C37H37N4P2.C5H5.Fe/c42-23-36(28-16-24-15-25(18-28)19-29(36)17-24)35-31(37(43,32-21-38-11-13-40-32)33-22-39-12-14-41-33)20-30(26-7-3-1-4-8-26)34(35)27-9-5-2-6-10-27;1-2-4-5-3-1;/h1-14,20-22,24-25,28-29H,15-19,23,42-43H2;1-5H;. The zero-order chi connectivity index (χ0) is 31.8. The van der Waals surface area contributed by atoms with E-state index in [0.717, 1.165) is 52.6 Å². The van der Waals surface area contributed by atoms with Crippen LogP contribution in [0.2, 0.25) is 37.5 Å². The molecule has 0 N–H and O–H groups in total. The van der Waals surface area contributed by atoms with E-state index in [0.29, 0.717) is 18.4 Å². The number of hydrogen-bond acceptors (Lipinski definition) is 4. The van der Waals surface area contributed by atoms with E-state index in [9.17, 15) is 0 Å². The molecule has 18 rings (SSSR count). The maximum absolute atomic E-state index is 5.39. The summed E-state index contributed by atoms with van der Waals surface area (Å²) in [6, 6.07) is 24.9. The summed E-state index contributed by atoms with van der Waals surface area (Å²) in [5.74, 6) is 3.66. The Morgan fingerprint density at radius 3 is 1.63 bits per heavy atom. The number of aromatic nitrogens is 4. The fourth-order valence-electron chi connectivity index (χ4n) is 29.4. The summed E-state index contributed by atoms with van der Waals surface area (Å²) in [5.41, 5.74) is 6.29. The second-order valence-corrected chi connectivity index (χ2v) is 45.0. The zero-order valence-electron chi connectivity index (χ0n) is 27.6. The Kier molecular flexibility index (Phi) is 2.20. The maximum atomic E-state index is 5.39. The van der Waals surface area contributed by atoms with Crippen molar-refractivity contribution in [2.45, 2.75) is 83.4 Å². The zero-order valence-corrected chi connectivity index (χ0v) is 31.0. The van der Waals surface area contributed by atoms with E-state index in [2.05, 4.69) is 91.5 Å². The van der Waals surface area contributed by atoms with E-state index in [1.807, 2.05) is 24.8 Å². The van der Waals surface area contributed by atoms with Gasteiger partial charge in [-0.25, -0.2) is 0 Å². The summed E-state index contributed by atoms with van der Waals surface area (Å²) >= 11 is 0. The van der Waals surface area contributed by atoms with Crippen LogP contribution < -0.4 is 0 Å².